The maximum absolute atomic E-state index is 5.79. The molecule has 0 fully saturated rings. The van der Waals surface area contributed by atoms with Crippen molar-refractivity contribution in [2.75, 3.05) is 30.3 Å². The van der Waals surface area contributed by atoms with E-state index in [-0.39, 0.29) is 0 Å². The number of anilines is 2. The van der Waals surface area contributed by atoms with Crippen molar-refractivity contribution in [3.8, 4) is 5.75 Å². The quantitative estimate of drug-likeness (QED) is 0.643. The molecule has 2 rings (SSSR count). The lowest BCUT2D eigenvalue weighted by atomic mass is 10.1. The first kappa shape index (κ1) is 17.2. The SMILES string of the molecule is Cc1cccc(NCCNc2cccc(OCCC(C)C)c2)c1. The molecule has 2 N–H and O–H groups in total. The molecule has 0 spiro atoms. The second-order valence-corrected chi connectivity index (χ2v) is 6.28. The minimum absolute atomic E-state index is 0.670. The van der Waals surface area contributed by atoms with E-state index < -0.39 is 0 Å². The van der Waals surface area contributed by atoms with Crippen molar-refractivity contribution in [1.82, 2.24) is 0 Å². The van der Waals surface area contributed by atoms with Gasteiger partial charge in [0.1, 0.15) is 5.75 Å². The van der Waals surface area contributed by atoms with E-state index in [1.165, 1.54) is 5.56 Å². The van der Waals surface area contributed by atoms with Crippen LogP contribution in [0.4, 0.5) is 11.4 Å². The first-order valence-electron chi connectivity index (χ1n) is 8.41. The van der Waals surface area contributed by atoms with Crippen LogP contribution >= 0.6 is 0 Å². The fourth-order valence-electron chi connectivity index (χ4n) is 2.28. The zero-order valence-electron chi connectivity index (χ0n) is 14.4. The third-order valence-electron chi connectivity index (χ3n) is 3.60. The smallest absolute Gasteiger partial charge is 0.121 e. The van der Waals surface area contributed by atoms with E-state index in [9.17, 15) is 0 Å². The van der Waals surface area contributed by atoms with E-state index in [1.807, 2.05) is 12.1 Å². The Balaban J connectivity index is 1.73. The third-order valence-corrected chi connectivity index (χ3v) is 3.60. The van der Waals surface area contributed by atoms with E-state index in [1.54, 1.807) is 0 Å². The summed E-state index contributed by atoms with van der Waals surface area (Å²) in [6.45, 7) is 9.04. The van der Waals surface area contributed by atoms with Gasteiger partial charge in [0.2, 0.25) is 0 Å². The molecule has 0 radical (unpaired) electrons. The summed E-state index contributed by atoms with van der Waals surface area (Å²) < 4.78 is 5.79. The van der Waals surface area contributed by atoms with Crippen LogP contribution < -0.4 is 15.4 Å². The lowest BCUT2D eigenvalue weighted by Gasteiger charge is -2.12. The van der Waals surface area contributed by atoms with Crippen LogP contribution in [0.3, 0.4) is 0 Å². The number of benzene rings is 2. The lowest BCUT2D eigenvalue weighted by Crippen LogP contribution is -2.13. The highest BCUT2D eigenvalue weighted by atomic mass is 16.5. The van der Waals surface area contributed by atoms with Crippen LogP contribution in [-0.2, 0) is 0 Å². The molecule has 0 aliphatic heterocycles. The second-order valence-electron chi connectivity index (χ2n) is 6.28. The maximum Gasteiger partial charge on any atom is 0.121 e. The van der Waals surface area contributed by atoms with Crippen molar-refractivity contribution in [1.29, 1.82) is 0 Å². The van der Waals surface area contributed by atoms with Gasteiger partial charge in [-0.3, -0.25) is 0 Å². The lowest BCUT2D eigenvalue weighted by molar-refractivity contribution is 0.289. The molecule has 3 heteroatoms. The van der Waals surface area contributed by atoms with Crippen molar-refractivity contribution in [2.24, 2.45) is 5.92 Å². The Morgan fingerprint density at radius 1 is 0.913 bits per heavy atom. The predicted molar refractivity (Wildman–Crippen MR) is 99.6 cm³/mol. The van der Waals surface area contributed by atoms with Gasteiger partial charge in [-0.1, -0.05) is 32.0 Å². The number of hydrogen-bond donors (Lipinski definition) is 2. The van der Waals surface area contributed by atoms with Crippen molar-refractivity contribution < 1.29 is 4.74 Å². The molecule has 0 aliphatic carbocycles. The molecule has 2 aromatic rings. The summed E-state index contributed by atoms with van der Waals surface area (Å²) in [4.78, 5) is 0. The van der Waals surface area contributed by atoms with Gasteiger partial charge in [-0.15, -0.1) is 0 Å². The van der Waals surface area contributed by atoms with Gasteiger partial charge >= 0.3 is 0 Å². The minimum atomic E-state index is 0.670. The molecular formula is C20H28N2O. The van der Waals surface area contributed by atoms with Gasteiger partial charge in [-0.25, -0.2) is 0 Å². The average molecular weight is 312 g/mol. The van der Waals surface area contributed by atoms with Crippen LogP contribution in [0.5, 0.6) is 5.75 Å². The van der Waals surface area contributed by atoms with Gasteiger partial charge in [0.15, 0.2) is 0 Å². The van der Waals surface area contributed by atoms with Crippen molar-refractivity contribution in [3.05, 3.63) is 54.1 Å². The van der Waals surface area contributed by atoms with E-state index in [4.69, 9.17) is 4.74 Å². The Hall–Kier alpha value is -2.16. The predicted octanol–water partition coefficient (Wildman–Crippen LogP) is 4.94. The number of hydrogen-bond acceptors (Lipinski definition) is 3. The topological polar surface area (TPSA) is 33.3 Å². The van der Waals surface area contributed by atoms with Crippen LogP contribution in [0.25, 0.3) is 0 Å². The first-order chi connectivity index (χ1) is 11.1. The van der Waals surface area contributed by atoms with Crippen molar-refractivity contribution >= 4 is 11.4 Å². The Morgan fingerprint density at radius 3 is 2.22 bits per heavy atom. The number of rotatable bonds is 9. The van der Waals surface area contributed by atoms with Crippen LogP contribution in [0, 0.1) is 12.8 Å². The summed E-state index contributed by atoms with van der Waals surface area (Å²) in [6, 6.07) is 16.6. The van der Waals surface area contributed by atoms with Gasteiger partial charge in [-0.2, -0.15) is 0 Å². The molecule has 0 bridgehead atoms. The minimum Gasteiger partial charge on any atom is -0.494 e. The molecule has 0 aromatic heterocycles. The summed E-state index contributed by atoms with van der Waals surface area (Å²) >= 11 is 0. The Kier molecular flexibility index (Phi) is 6.79. The molecule has 0 saturated carbocycles. The Morgan fingerprint density at radius 2 is 1.57 bits per heavy atom. The molecule has 0 atom stereocenters. The van der Waals surface area contributed by atoms with Crippen LogP contribution in [-0.4, -0.2) is 19.7 Å². The highest BCUT2D eigenvalue weighted by Crippen LogP contribution is 2.18. The highest BCUT2D eigenvalue weighted by Gasteiger charge is 1.99. The average Bonchev–Trinajstić information content (AvgIpc) is 2.52. The summed E-state index contributed by atoms with van der Waals surface area (Å²) in [7, 11) is 0. The van der Waals surface area contributed by atoms with Crippen molar-refractivity contribution in [2.45, 2.75) is 27.2 Å². The zero-order chi connectivity index (χ0) is 16.5. The second kappa shape index (κ2) is 9.09. The molecule has 0 unspecified atom stereocenters. The molecule has 2 aromatic carbocycles. The summed E-state index contributed by atoms with van der Waals surface area (Å²) in [6.07, 6.45) is 1.08. The maximum atomic E-state index is 5.79. The van der Waals surface area contributed by atoms with E-state index in [0.717, 1.165) is 43.2 Å². The van der Waals surface area contributed by atoms with Gasteiger partial charge < -0.3 is 15.4 Å². The molecular weight excluding hydrogens is 284 g/mol. The van der Waals surface area contributed by atoms with Gasteiger partial charge in [0.05, 0.1) is 6.61 Å². The summed E-state index contributed by atoms with van der Waals surface area (Å²) in [5, 5.41) is 6.85. The fraction of sp³-hybridized carbons (Fsp3) is 0.400. The van der Waals surface area contributed by atoms with Crippen LogP contribution in [0.1, 0.15) is 25.8 Å². The molecule has 0 saturated heterocycles. The standard InChI is InChI=1S/C20H28N2O/c1-16(2)10-13-23-20-9-5-8-19(15-20)22-12-11-21-18-7-4-6-17(3)14-18/h4-9,14-16,21-22H,10-13H2,1-3H3. The van der Waals surface area contributed by atoms with Crippen LogP contribution in [0.15, 0.2) is 48.5 Å². The number of nitrogens with one attached hydrogen (secondary N) is 2. The molecule has 0 aliphatic rings. The Labute approximate surface area is 140 Å². The fourth-order valence-corrected chi connectivity index (χ4v) is 2.28. The highest BCUT2D eigenvalue weighted by molar-refractivity contribution is 5.49. The van der Waals surface area contributed by atoms with Gasteiger partial charge in [0, 0.05) is 30.5 Å². The summed E-state index contributed by atoms with van der Waals surface area (Å²) in [5.74, 6) is 1.60. The van der Waals surface area contributed by atoms with Crippen LogP contribution in [0.2, 0.25) is 0 Å². The molecule has 3 nitrogen and oxygen atoms in total. The van der Waals surface area contributed by atoms with E-state index in [2.05, 4.69) is 67.8 Å². The molecule has 0 amide bonds. The largest absolute Gasteiger partial charge is 0.494 e. The normalized spacial score (nSPS) is 10.6. The van der Waals surface area contributed by atoms with Crippen molar-refractivity contribution in [3.63, 3.8) is 0 Å². The van der Waals surface area contributed by atoms with E-state index >= 15 is 0 Å². The number of ether oxygens (including phenoxy) is 1. The first-order valence-corrected chi connectivity index (χ1v) is 8.41. The monoisotopic (exact) mass is 312 g/mol. The molecule has 23 heavy (non-hydrogen) atoms. The van der Waals surface area contributed by atoms with Gasteiger partial charge in [-0.05, 0) is 49.1 Å². The third kappa shape index (κ3) is 6.64. The summed E-state index contributed by atoms with van der Waals surface area (Å²) in [5.41, 5.74) is 3.53. The van der Waals surface area contributed by atoms with Gasteiger partial charge in [0.25, 0.3) is 0 Å². The zero-order valence-corrected chi connectivity index (χ0v) is 14.4. The molecule has 0 heterocycles. The molecule has 124 valence electrons. The number of aryl methyl sites for hydroxylation is 1. The van der Waals surface area contributed by atoms with E-state index in [0.29, 0.717) is 5.92 Å². The Bertz CT molecular complexity index is 596.